The molecule has 1 amide bonds. The van der Waals surface area contributed by atoms with Crippen LogP contribution in [0.5, 0.6) is 0 Å². The van der Waals surface area contributed by atoms with Crippen LogP contribution in [0.2, 0.25) is 0 Å². The normalized spacial score (nSPS) is 22.7. The maximum Gasteiger partial charge on any atom is 0.408 e. The van der Waals surface area contributed by atoms with Crippen LogP contribution in [0.4, 0.5) is 4.79 Å². The average molecular weight is 510 g/mol. The molecule has 2 unspecified atom stereocenters. The molecule has 1 saturated heterocycles. The van der Waals surface area contributed by atoms with Gasteiger partial charge >= 0.3 is 6.09 Å². The first kappa shape index (κ1) is 26.2. The number of fused-ring (bicyclic) bond motifs is 5. The van der Waals surface area contributed by atoms with Gasteiger partial charge in [0.15, 0.2) is 5.79 Å². The van der Waals surface area contributed by atoms with Crippen molar-refractivity contribution in [3.63, 3.8) is 0 Å². The lowest BCUT2D eigenvalue weighted by Gasteiger charge is -2.26. The highest BCUT2D eigenvalue weighted by molar-refractivity contribution is 5.68. The lowest BCUT2D eigenvalue weighted by atomic mass is 9.90. The average Bonchev–Trinajstić information content (AvgIpc) is 3.66. The van der Waals surface area contributed by atoms with Gasteiger partial charge in [0, 0.05) is 6.42 Å². The molecule has 0 radical (unpaired) electrons. The van der Waals surface area contributed by atoms with Gasteiger partial charge in [-0.1, -0.05) is 31.9 Å². The molecule has 3 atom stereocenters. The van der Waals surface area contributed by atoms with Gasteiger partial charge in [-0.25, -0.2) is 9.78 Å². The smallest absolute Gasteiger partial charge is 0.408 e. The van der Waals surface area contributed by atoms with Crippen molar-refractivity contribution in [3.05, 3.63) is 41.3 Å². The van der Waals surface area contributed by atoms with Gasteiger partial charge in [-0.05, 0) is 93.9 Å². The quantitative estimate of drug-likeness (QED) is 0.333. The second kappa shape index (κ2) is 10.8. The van der Waals surface area contributed by atoms with Gasteiger partial charge in [0.05, 0.1) is 31.1 Å². The molecule has 2 heterocycles. The number of carbonyl (C=O) groups is 1. The number of rotatable bonds is 10. The molecule has 3 aliphatic rings. The third kappa shape index (κ3) is 6.04. The number of aromatic amines is 1. The zero-order chi connectivity index (χ0) is 26.0. The molecule has 202 valence electrons. The molecule has 1 aromatic carbocycles. The summed E-state index contributed by atoms with van der Waals surface area (Å²) in [6, 6.07) is 6.63. The fraction of sp³-hybridized carbons (Fsp3) is 0.667. The van der Waals surface area contributed by atoms with Crippen molar-refractivity contribution in [1.82, 2.24) is 15.3 Å². The summed E-state index contributed by atoms with van der Waals surface area (Å²) in [6.07, 6.45) is 11.0. The SMILES string of the molecule is CCC1(CCCCC[C@H](NC(=O)OC(C)(C)C)c2ncc(-c3ccc4c(c3)C3CCC4C3)[nH]2)OCCO1. The molecule has 2 bridgehead atoms. The lowest BCUT2D eigenvalue weighted by Crippen LogP contribution is -2.35. The Morgan fingerprint density at radius 1 is 1.16 bits per heavy atom. The van der Waals surface area contributed by atoms with Crippen LogP contribution in [-0.2, 0) is 14.2 Å². The van der Waals surface area contributed by atoms with E-state index in [1.54, 1.807) is 5.56 Å². The lowest BCUT2D eigenvalue weighted by molar-refractivity contribution is -0.164. The van der Waals surface area contributed by atoms with Crippen LogP contribution in [0.25, 0.3) is 11.3 Å². The van der Waals surface area contributed by atoms with Crippen LogP contribution in [0.15, 0.2) is 24.4 Å². The van der Waals surface area contributed by atoms with Crippen molar-refractivity contribution < 1.29 is 19.0 Å². The molecule has 1 saturated carbocycles. The number of imidazole rings is 1. The van der Waals surface area contributed by atoms with E-state index < -0.39 is 17.5 Å². The summed E-state index contributed by atoms with van der Waals surface area (Å²) in [4.78, 5) is 20.9. The molecule has 2 aliphatic carbocycles. The van der Waals surface area contributed by atoms with Crippen molar-refractivity contribution in [3.8, 4) is 11.3 Å². The number of alkyl carbamates (subject to hydrolysis) is 1. The van der Waals surface area contributed by atoms with Crippen LogP contribution in [0, 0.1) is 0 Å². The Morgan fingerprint density at radius 3 is 2.65 bits per heavy atom. The second-order valence-corrected chi connectivity index (χ2v) is 12.0. The Balaban J connectivity index is 1.24. The number of benzene rings is 1. The van der Waals surface area contributed by atoms with E-state index in [0.717, 1.165) is 61.9 Å². The predicted molar refractivity (Wildman–Crippen MR) is 143 cm³/mol. The number of hydrogen-bond acceptors (Lipinski definition) is 5. The number of ether oxygens (including phenoxy) is 3. The molecule has 2 fully saturated rings. The van der Waals surface area contributed by atoms with Crippen LogP contribution in [0.1, 0.15) is 120 Å². The Bertz CT molecular complexity index is 1080. The molecular formula is C30H43N3O4. The summed E-state index contributed by atoms with van der Waals surface area (Å²) in [6.45, 7) is 9.12. The molecule has 37 heavy (non-hydrogen) atoms. The number of hydrogen-bond donors (Lipinski definition) is 2. The van der Waals surface area contributed by atoms with E-state index in [-0.39, 0.29) is 6.04 Å². The Hall–Kier alpha value is -2.38. The highest BCUT2D eigenvalue weighted by Gasteiger charge is 2.37. The van der Waals surface area contributed by atoms with E-state index in [1.807, 2.05) is 27.0 Å². The first-order valence-corrected chi connectivity index (χ1v) is 14.2. The molecule has 1 aromatic heterocycles. The van der Waals surface area contributed by atoms with Gasteiger partial charge < -0.3 is 24.5 Å². The van der Waals surface area contributed by atoms with Gasteiger partial charge in [0.2, 0.25) is 0 Å². The zero-order valence-corrected chi connectivity index (χ0v) is 22.9. The third-order valence-electron chi connectivity index (χ3n) is 8.23. The van der Waals surface area contributed by atoms with Gasteiger partial charge in [0.25, 0.3) is 0 Å². The van der Waals surface area contributed by atoms with E-state index in [4.69, 9.17) is 19.2 Å². The standard InChI is InChI=1S/C30H43N3O4/c1-5-30(35-15-16-36-30)14-8-6-7-9-25(33-28(34)37-29(2,3)4)27-31-19-26(32-27)22-12-13-23-20-10-11-21(17-20)24(23)18-22/h12-13,18-21,25H,5-11,14-17H2,1-4H3,(H,31,32)(H,33,34)/t20?,21?,25-/m0/s1. The zero-order valence-electron chi connectivity index (χ0n) is 22.9. The number of nitrogens with one attached hydrogen (secondary N) is 2. The maximum absolute atomic E-state index is 12.7. The van der Waals surface area contributed by atoms with Gasteiger partial charge in [-0.15, -0.1) is 0 Å². The number of amides is 1. The molecule has 2 aromatic rings. The largest absolute Gasteiger partial charge is 0.444 e. The number of carbonyl (C=O) groups excluding carboxylic acids is 1. The third-order valence-corrected chi connectivity index (χ3v) is 8.23. The van der Waals surface area contributed by atoms with Gasteiger partial charge in [-0.3, -0.25) is 0 Å². The van der Waals surface area contributed by atoms with E-state index >= 15 is 0 Å². The van der Waals surface area contributed by atoms with Crippen molar-refractivity contribution in [2.45, 2.75) is 115 Å². The van der Waals surface area contributed by atoms with Crippen LogP contribution < -0.4 is 5.32 Å². The number of unbranched alkanes of at least 4 members (excludes halogenated alkanes) is 2. The summed E-state index contributed by atoms with van der Waals surface area (Å²) in [5, 5.41) is 3.06. The number of H-pyrrole nitrogens is 1. The minimum atomic E-state index is -0.553. The Morgan fingerprint density at radius 2 is 1.92 bits per heavy atom. The molecule has 1 aliphatic heterocycles. The minimum Gasteiger partial charge on any atom is -0.444 e. The van der Waals surface area contributed by atoms with Gasteiger partial charge in [0.1, 0.15) is 11.4 Å². The fourth-order valence-electron chi connectivity index (χ4n) is 6.34. The minimum absolute atomic E-state index is 0.242. The fourth-order valence-corrected chi connectivity index (χ4v) is 6.34. The van der Waals surface area contributed by atoms with E-state index in [9.17, 15) is 4.79 Å². The first-order chi connectivity index (χ1) is 17.8. The number of aromatic nitrogens is 2. The van der Waals surface area contributed by atoms with Gasteiger partial charge in [-0.2, -0.15) is 0 Å². The van der Waals surface area contributed by atoms with E-state index in [2.05, 4.69) is 35.4 Å². The summed E-state index contributed by atoms with van der Waals surface area (Å²) in [5.74, 6) is 1.85. The second-order valence-electron chi connectivity index (χ2n) is 12.0. The highest BCUT2D eigenvalue weighted by atomic mass is 16.7. The van der Waals surface area contributed by atoms with Crippen molar-refractivity contribution >= 4 is 6.09 Å². The Labute approximate surface area is 221 Å². The summed E-state index contributed by atoms with van der Waals surface area (Å²) in [5.41, 5.74) is 4.68. The first-order valence-electron chi connectivity index (χ1n) is 14.2. The molecule has 0 spiro atoms. The van der Waals surface area contributed by atoms with Crippen LogP contribution in [0.3, 0.4) is 0 Å². The summed E-state index contributed by atoms with van der Waals surface area (Å²) >= 11 is 0. The molecule has 7 nitrogen and oxygen atoms in total. The highest BCUT2D eigenvalue weighted by Crippen LogP contribution is 2.53. The van der Waals surface area contributed by atoms with Crippen molar-refractivity contribution in [2.24, 2.45) is 0 Å². The number of nitrogens with zero attached hydrogens (tertiary/aromatic N) is 1. The van der Waals surface area contributed by atoms with Crippen molar-refractivity contribution in [2.75, 3.05) is 13.2 Å². The summed E-state index contributed by atoms with van der Waals surface area (Å²) < 4.78 is 17.3. The predicted octanol–water partition coefficient (Wildman–Crippen LogP) is 7.11. The molecular weight excluding hydrogens is 466 g/mol. The van der Waals surface area contributed by atoms with Crippen molar-refractivity contribution in [1.29, 1.82) is 0 Å². The summed E-state index contributed by atoms with van der Waals surface area (Å²) in [7, 11) is 0. The van der Waals surface area contributed by atoms with E-state index in [1.165, 1.54) is 30.4 Å². The molecule has 5 rings (SSSR count). The molecule has 7 heteroatoms. The molecule has 2 N–H and O–H groups in total. The van der Waals surface area contributed by atoms with Crippen LogP contribution >= 0.6 is 0 Å². The topological polar surface area (TPSA) is 85.5 Å². The Kier molecular flexibility index (Phi) is 7.64. The maximum atomic E-state index is 12.7. The van der Waals surface area contributed by atoms with E-state index in [0.29, 0.717) is 13.2 Å². The van der Waals surface area contributed by atoms with Crippen LogP contribution in [-0.4, -0.2) is 40.7 Å². The monoisotopic (exact) mass is 509 g/mol.